The number of benzene rings is 3. The first-order valence-electron chi connectivity index (χ1n) is 21.7. The van der Waals surface area contributed by atoms with Crippen LogP contribution in [0.15, 0.2) is 60.7 Å². The zero-order valence-electron chi connectivity index (χ0n) is 36.2. The van der Waals surface area contributed by atoms with Gasteiger partial charge in [0.25, 0.3) is 0 Å². The van der Waals surface area contributed by atoms with Gasteiger partial charge in [0, 0.05) is 18.5 Å². The van der Waals surface area contributed by atoms with Crippen molar-refractivity contribution < 1.29 is 33.4 Å². The van der Waals surface area contributed by atoms with Crippen molar-refractivity contribution in [1.82, 2.24) is 40.8 Å². The second-order valence-corrected chi connectivity index (χ2v) is 17.3. The Balaban J connectivity index is 0.994. The molecule has 15 heteroatoms. The molecule has 2 aliphatic heterocycles. The molecule has 2 aromatic heterocycles. The molecule has 326 valence electrons. The smallest absolute Gasteiger partial charge is 0.407 e. The molecular weight excluding hydrogens is 789 g/mol. The van der Waals surface area contributed by atoms with E-state index in [-0.39, 0.29) is 29.7 Å². The Bertz CT molecular complexity index is 2470. The average molecular weight is 845 g/mol. The van der Waals surface area contributed by atoms with E-state index < -0.39 is 29.8 Å². The highest BCUT2D eigenvalue weighted by Gasteiger charge is 2.43. The summed E-state index contributed by atoms with van der Waals surface area (Å²) in [6, 6.07) is 19.2. The number of hydrogen-bond acceptors (Lipinski definition) is 9. The summed E-state index contributed by atoms with van der Waals surface area (Å²) in [6.07, 6.45) is 4.34. The van der Waals surface area contributed by atoms with E-state index in [0.29, 0.717) is 19.6 Å². The molecule has 5 N–H and O–H groups in total. The Morgan fingerprint density at radius 1 is 0.790 bits per heavy atom. The zero-order chi connectivity index (χ0) is 43.7. The number of carbonyl (C=O) groups is 4. The van der Waals surface area contributed by atoms with E-state index in [4.69, 9.17) is 24.2 Å². The van der Waals surface area contributed by atoms with Crippen LogP contribution in [0.4, 0.5) is 9.59 Å². The number of hydrogen-bond donors (Lipinski definition) is 5. The highest BCUT2D eigenvalue weighted by Crippen LogP contribution is 2.43. The third-order valence-electron chi connectivity index (χ3n) is 12.6. The molecular formula is C47H56N8O7. The minimum atomic E-state index is -0.751. The van der Waals surface area contributed by atoms with Gasteiger partial charge in [-0.3, -0.25) is 9.59 Å². The maximum Gasteiger partial charge on any atom is 0.407 e. The fourth-order valence-electron chi connectivity index (χ4n) is 9.17. The van der Waals surface area contributed by atoms with Gasteiger partial charge in [0.1, 0.15) is 29.5 Å². The van der Waals surface area contributed by atoms with Crippen LogP contribution < -0.4 is 20.7 Å². The van der Waals surface area contributed by atoms with E-state index >= 15 is 0 Å². The lowest BCUT2D eigenvalue weighted by molar-refractivity contribution is -0.135. The van der Waals surface area contributed by atoms with Gasteiger partial charge in [-0.2, -0.15) is 0 Å². The lowest BCUT2D eigenvalue weighted by Crippen LogP contribution is -2.55. The standard InChI is InChI=1S/C47H56N8O7/c1-26(2)38(52-45(58)60-5)42(56)54-47(20-7-8-21-47)44-50-34-19-23-62-37-25-31(15-17-32(37)40(34)51-44)29-13-11-28(12-14-29)30-16-18-33-35(24-30)49-41(48-33)36-10-9-22-55(36)43(57)39(27(3)4)53-46(59)61-6/h11-18,24-27,36,38-39H,7-10,19-23H2,1-6H3,(H,48,49)(H,50,51)(H,52,58)(H,53,59)(H,54,56)/t36-,38-,39-/m0/s1. The second kappa shape index (κ2) is 17.5. The SMILES string of the molecule is COC(=O)N[C@H](C(=O)NC1(c2nc3c([nH]2)-c2ccc(-c4ccc(-c5ccc6nc([C@@H]7CCCN7C(=O)[C@@H](NC(=O)OC)C(C)C)[nH]c6c5)cc4)cc2OCC3)CCCC1)C(C)C. The molecule has 1 saturated heterocycles. The molecule has 62 heavy (non-hydrogen) atoms. The van der Waals surface area contributed by atoms with Crippen molar-refractivity contribution in [3.63, 3.8) is 0 Å². The average Bonchev–Trinajstić information content (AvgIpc) is 4.10. The van der Waals surface area contributed by atoms with Gasteiger partial charge in [-0.1, -0.05) is 76.9 Å². The number of H-pyrrole nitrogens is 2. The molecule has 1 saturated carbocycles. The van der Waals surface area contributed by atoms with Crippen LogP contribution in [-0.2, 0) is 31.0 Å². The fourth-order valence-corrected chi connectivity index (χ4v) is 9.17. The van der Waals surface area contributed by atoms with Crippen molar-refractivity contribution >= 4 is 35.0 Å². The van der Waals surface area contributed by atoms with E-state index in [9.17, 15) is 19.2 Å². The van der Waals surface area contributed by atoms with Gasteiger partial charge >= 0.3 is 12.2 Å². The Labute approximate surface area is 361 Å². The van der Waals surface area contributed by atoms with Gasteiger partial charge in [-0.05, 0) is 84.0 Å². The summed E-state index contributed by atoms with van der Waals surface area (Å²) in [5, 5.41) is 8.69. The number of aromatic nitrogens is 4. The molecule has 4 amide bonds. The molecule has 15 nitrogen and oxygen atoms in total. The summed E-state index contributed by atoms with van der Waals surface area (Å²) in [5.41, 5.74) is 7.87. The quantitative estimate of drug-likeness (QED) is 0.0894. The van der Waals surface area contributed by atoms with Gasteiger partial charge < -0.3 is 45.0 Å². The van der Waals surface area contributed by atoms with E-state index in [0.717, 1.165) is 106 Å². The van der Waals surface area contributed by atoms with Crippen molar-refractivity contribution in [3.8, 4) is 39.3 Å². The molecule has 4 heterocycles. The number of amides is 4. The minimum absolute atomic E-state index is 0.112. The van der Waals surface area contributed by atoms with Gasteiger partial charge in [0.15, 0.2) is 0 Å². The van der Waals surface area contributed by atoms with Crippen LogP contribution in [0.5, 0.6) is 5.75 Å². The molecule has 5 aromatic rings. The number of methoxy groups -OCH3 is 2. The van der Waals surface area contributed by atoms with E-state index in [1.54, 1.807) is 0 Å². The Hall–Kier alpha value is -6.38. The van der Waals surface area contributed by atoms with Crippen molar-refractivity contribution in [2.75, 3.05) is 27.4 Å². The largest absolute Gasteiger partial charge is 0.492 e. The third kappa shape index (κ3) is 8.32. The summed E-state index contributed by atoms with van der Waals surface area (Å²) < 4.78 is 15.9. The fraction of sp³-hybridized carbons (Fsp3) is 0.447. The molecule has 8 rings (SSSR count). The molecule has 0 radical (unpaired) electrons. The van der Waals surface area contributed by atoms with E-state index in [1.165, 1.54) is 14.2 Å². The molecule has 0 unspecified atom stereocenters. The first-order valence-corrected chi connectivity index (χ1v) is 21.7. The molecule has 3 aliphatic rings. The second-order valence-electron chi connectivity index (χ2n) is 17.3. The lowest BCUT2D eigenvalue weighted by Gasteiger charge is -2.31. The number of imidazole rings is 2. The molecule has 2 fully saturated rings. The van der Waals surface area contributed by atoms with Crippen LogP contribution in [0, 0.1) is 11.8 Å². The maximum absolute atomic E-state index is 13.7. The molecule has 3 aromatic carbocycles. The van der Waals surface area contributed by atoms with Gasteiger partial charge in [-0.15, -0.1) is 0 Å². The Morgan fingerprint density at radius 2 is 1.42 bits per heavy atom. The molecule has 3 atom stereocenters. The van der Waals surface area contributed by atoms with Gasteiger partial charge in [0.2, 0.25) is 11.8 Å². The van der Waals surface area contributed by atoms with Crippen molar-refractivity contribution in [2.24, 2.45) is 11.8 Å². The first kappa shape index (κ1) is 42.3. The number of likely N-dealkylation sites (tertiary alicyclic amines) is 1. The monoisotopic (exact) mass is 844 g/mol. The predicted molar refractivity (Wildman–Crippen MR) is 234 cm³/mol. The number of ether oxygens (including phenoxy) is 3. The van der Waals surface area contributed by atoms with Crippen LogP contribution >= 0.6 is 0 Å². The number of carbonyl (C=O) groups excluding carboxylic acids is 4. The van der Waals surface area contributed by atoms with Crippen LogP contribution in [0.1, 0.15) is 89.6 Å². The van der Waals surface area contributed by atoms with Crippen LogP contribution in [0.3, 0.4) is 0 Å². The third-order valence-corrected chi connectivity index (χ3v) is 12.6. The minimum Gasteiger partial charge on any atom is -0.492 e. The Morgan fingerprint density at radius 3 is 2.08 bits per heavy atom. The first-order chi connectivity index (χ1) is 29.9. The number of fused-ring (bicyclic) bond motifs is 4. The van der Waals surface area contributed by atoms with Crippen LogP contribution in [-0.4, -0.2) is 88.3 Å². The molecule has 0 bridgehead atoms. The van der Waals surface area contributed by atoms with E-state index in [2.05, 4.69) is 80.5 Å². The summed E-state index contributed by atoms with van der Waals surface area (Å²) in [7, 11) is 2.58. The number of nitrogens with one attached hydrogen (secondary N) is 5. The van der Waals surface area contributed by atoms with Crippen LogP contribution in [0.25, 0.3) is 44.5 Å². The summed E-state index contributed by atoms with van der Waals surface area (Å²) in [6.45, 7) is 8.65. The van der Waals surface area contributed by atoms with E-state index in [1.807, 2.05) is 38.7 Å². The topological polar surface area (TPSA) is 193 Å². The summed E-state index contributed by atoms with van der Waals surface area (Å²) in [5.74, 6) is 1.56. The van der Waals surface area contributed by atoms with Crippen molar-refractivity contribution in [3.05, 3.63) is 78.0 Å². The number of nitrogens with zero attached hydrogens (tertiary/aromatic N) is 3. The highest BCUT2D eigenvalue weighted by atomic mass is 16.5. The summed E-state index contributed by atoms with van der Waals surface area (Å²) >= 11 is 0. The van der Waals surface area contributed by atoms with Gasteiger partial charge in [-0.25, -0.2) is 19.6 Å². The van der Waals surface area contributed by atoms with Crippen LogP contribution in [0.2, 0.25) is 0 Å². The number of aromatic amines is 2. The van der Waals surface area contributed by atoms with Gasteiger partial charge in [0.05, 0.1) is 54.8 Å². The normalized spacial score (nSPS) is 17.7. The van der Waals surface area contributed by atoms with Crippen molar-refractivity contribution in [2.45, 2.75) is 96.3 Å². The molecule has 1 aliphatic carbocycles. The lowest BCUT2D eigenvalue weighted by atomic mass is 9.94. The highest BCUT2D eigenvalue weighted by molar-refractivity contribution is 5.88. The predicted octanol–water partition coefficient (Wildman–Crippen LogP) is 7.53. The summed E-state index contributed by atoms with van der Waals surface area (Å²) in [4.78, 5) is 70.4. The molecule has 0 spiro atoms. The zero-order valence-corrected chi connectivity index (χ0v) is 36.2. The number of alkyl carbamates (subject to hydrolysis) is 2. The number of rotatable bonds is 11. The van der Waals surface area contributed by atoms with Crippen molar-refractivity contribution in [1.29, 1.82) is 0 Å². The maximum atomic E-state index is 13.7. The Kier molecular flexibility index (Phi) is 12.0.